The summed E-state index contributed by atoms with van der Waals surface area (Å²) in [5.74, 6) is 2.82. The van der Waals surface area contributed by atoms with Crippen molar-refractivity contribution in [2.24, 2.45) is 0 Å². The van der Waals surface area contributed by atoms with Crippen molar-refractivity contribution in [1.82, 2.24) is 0 Å². The minimum atomic E-state index is 1.21. The first-order valence-electron chi connectivity index (χ1n) is 2.62. The van der Waals surface area contributed by atoms with Gasteiger partial charge < -0.3 is 0 Å². The van der Waals surface area contributed by atoms with Crippen molar-refractivity contribution in [3.05, 3.63) is 0 Å². The fourth-order valence-electron chi connectivity index (χ4n) is 0.354. The molecule has 0 amide bonds. The predicted octanol–water partition coefficient (Wildman–Crippen LogP) is 1.61. The molecule has 40 valence electrons. The first-order chi connectivity index (χ1) is 2.91. The molecule has 0 aromatic heterocycles. The quantitative estimate of drug-likeness (QED) is 0.479. The molecular weight excluding hydrogens is 92.1 g/mol. The Bertz CT molecular complexity index is 15.9. The molecule has 0 radical (unpaired) electrons. The third-order valence-electron chi connectivity index (χ3n) is 0.677. The third kappa shape index (κ3) is 4.35. The molecule has 0 bridgehead atoms. The molecule has 0 aliphatic rings. The van der Waals surface area contributed by atoms with Crippen molar-refractivity contribution < 1.29 is 0 Å². The molecule has 0 heterocycles. The average molecular weight is 106 g/mol. The van der Waals surface area contributed by atoms with E-state index in [1.54, 1.807) is 0 Å². The minimum Gasteiger partial charge on any atom is -0.266 e. The summed E-state index contributed by atoms with van der Waals surface area (Å²) < 4.78 is 0. The molecule has 0 aliphatic heterocycles. The van der Waals surface area contributed by atoms with E-state index in [-0.39, 0.29) is 0 Å². The van der Waals surface area contributed by atoms with Gasteiger partial charge in [0.1, 0.15) is 0 Å². The van der Waals surface area contributed by atoms with Crippen LogP contribution in [0, 0.1) is 0 Å². The van der Waals surface area contributed by atoms with Crippen molar-refractivity contribution >= 4 is 11.8 Å². The van der Waals surface area contributed by atoms with Crippen LogP contribution in [0.15, 0.2) is 0 Å². The molecule has 0 aromatic rings. The van der Waals surface area contributed by atoms with Gasteiger partial charge in [0, 0.05) is 0 Å². The second-order valence-corrected chi connectivity index (χ2v) is 3.06. The molecular formula is C5H14S. The minimum absolute atomic E-state index is 1.21. The standard InChI is InChI=1S/C5H14S/c1-3-5-6-4-2/h3-6H2,1-2H3. The maximum absolute atomic E-state index is 2.24. The Balaban J connectivity index is 2.34. The van der Waals surface area contributed by atoms with E-state index < -0.39 is 0 Å². The van der Waals surface area contributed by atoms with Gasteiger partial charge in [-0.15, -0.1) is 0 Å². The van der Waals surface area contributed by atoms with E-state index in [0.717, 1.165) is 0 Å². The normalized spacial score (nSPS) is 12.3. The molecule has 0 saturated carbocycles. The Labute approximate surface area is 44.3 Å². The van der Waals surface area contributed by atoms with Gasteiger partial charge in [0.25, 0.3) is 0 Å². The topological polar surface area (TPSA) is 0 Å². The molecule has 0 nitrogen and oxygen atoms in total. The van der Waals surface area contributed by atoms with E-state index in [1.165, 1.54) is 29.7 Å². The Morgan fingerprint density at radius 2 is 2.00 bits per heavy atom. The van der Waals surface area contributed by atoms with Gasteiger partial charge in [0.15, 0.2) is 0 Å². The number of rotatable bonds is 3. The fraction of sp³-hybridized carbons (Fsp3) is 1.00. The molecule has 0 aromatic carbocycles. The summed E-state index contributed by atoms with van der Waals surface area (Å²) in [7, 11) is 0. The average Bonchev–Trinajstić information content (AvgIpc) is 1.61. The molecule has 0 spiro atoms. The van der Waals surface area contributed by atoms with Gasteiger partial charge in [0.2, 0.25) is 0 Å². The number of hydrogen-bond acceptors (Lipinski definition) is 0. The summed E-state index contributed by atoms with van der Waals surface area (Å²) in [5.41, 5.74) is 0. The zero-order valence-corrected chi connectivity index (χ0v) is 5.62. The molecule has 0 saturated heterocycles. The lowest BCUT2D eigenvalue weighted by Crippen LogP contribution is -1.71. The smallest absolute Gasteiger partial charge is 0.0281 e. The van der Waals surface area contributed by atoms with Crippen molar-refractivity contribution in [1.29, 1.82) is 0 Å². The zero-order chi connectivity index (χ0) is 4.83. The van der Waals surface area contributed by atoms with Gasteiger partial charge in [-0.2, -0.15) is 0 Å². The van der Waals surface area contributed by atoms with E-state index in [1.807, 2.05) is 0 Å². The van der Waals surface area contributed by atoms with E-state index in [0.29, 0.717) is 0 Å². The molecule has 0 N–H and O–H groups in total. The fourth-order valence-corrected chi connectivity index (χ4v) is 1.06. The zero-order valence-electron chi connectivity index (χ0n) is 4.62. The van der Waals surface area contributed by atoms with Crippen LogP contribution in [0.2, 0.25) is 0 Å². The van der Waals surface area contributed by atoms with Gasteiger partial charge in [-0.25, -0.2) is 0 Å². The molecule has 1 heteroatoms. The highest BCUT2D eigenvalue weighted by Gasteiger charge is 1.71. The molecule has 0 aliphatic carbocycles. The van der Waals surface area contributed by atoms with Gasteiger partial charge in [-0.05, 0) is 17.9 Å². The predicted molar refractivity (Wildman–Crippen MR) is 36.1 cm³/mol. The summed E-state index contributed by atoms with van der Waals surface area (Å²) in [5, 5.41) is 0. The van der Waals surface area contributed by atoms with E-state index in [4.69, 9.17) is 0 Å². The lowest BCUT2D eigenvalue weighted by molar-refractivity contribution is 1.11. The first kappa shape index (κ1) is 6.35. The van der Waals surface area contributed by atoms with Crippen LogP contribution in [0.1, 0.15) is 20.3 Å². The van der Waals surface area contributed by atoms with Gasteiger partial charge in [-0.3, -0.25) is 11.8 Å². The maximum Gasteiger partial charge on any atom is -0.0281 e. The number of hydrogen-bond donors (Lipinski definition) is 0. The molecule has 0 unspecified atom stereocenters. The summed E-state index contributed by atoms with van der Waals surface area (Å²) in [6.45, 7) is 4.48. The van der Waals surface area contributed by atoms with Crippen molar-refractivity contribution in [3.8, 4) is 0 Å². The Hall–Kier alpha value is 0.350. The third-order valence-corrected chi connectivity index (χ3v) is 2.03. The lowest BCUT2D eigenvalue weighted by atomic mass is 10.6. The largest absolute Gasteiger partial charge is 0.266 e. The second kappa shape index (κ2) is 5.35. The van der Waals surface area contributed by atoms with Crippen LogP contribution in [0.25, 0.3) is 0 Å². The van der Waals surface area contributed by atoms with Crippen LogP contribution < -0.4 is 0 Å². The van der Waals surface area contributed by atoms with Crippen molar-refractivity contribution in [2.75, 3.05) is 11.5 Å². The molecule has 0 fully saturated rings. The summed E-state index contributed by atoms with van der Waals surface area (Å²) in [6.07, 6.45) is 1.37. The van der Waals surface area contributed by atoms with E-state index in [2.05, 4.69) is 13.8 Å². The first-order valence-corrected chi connectivity index (χ1v) is 4.04. The maximum atomic E-state index is 2.24. The van der Waals surface area contributed by atoms with Crippen LogP contribution >= 0.6 is 11.8 Å². The highest BCUT2D eigenvalue weighted by Crippen LogP contribution is 1.98. The van der Waals surface area contributed by atoms with Gasteiger partial charge in [-0.1, -0.05) is 13.8 Å². The SMILES string of the molecule is CCC[SH2]CC. The Kier molecular flexibility index (Phi) is 5.66. The Morgan fingerprint density at radius 3 is 2.17 bits per heavy atom. The molecule has 6 heavy (non-hydrogen) atoms. The summed E-state index contributed by atoms with van der Waals surface area (Å²) >= 11 is 1.21. The Morgan fingerprint density at radius 1 is 1.33 bits per heavy atom. The molecule has 0 rings (SSSR count). The summed E-state index contributed by atoms with van der Waals surface area (Å²) in [6, 6.07) is 0. The van der Waals surface area contributed by atoms with E-state index in [9.17, 15) is 0 Å². The highest BCUT2D eigenvalue weighted by molar-refractivity contribution is 7.99. The van der Waals surface area contributed by atoms with Gasteiger partial charge in [0.05, 0.1) is 0 Å². The lowest BCUT2D eigenvalue weighted by Gasteiger charge is -1.91. The van der Waals surface area contributed by atoms with Crippen LogP contribution in [0.4, 0.5) is 0 Å². The van der Waals surface area contributed by atoms with Crippen LogP contribution in [0.3, 0.4) is 0 Å². The van der Waals surface area contributed by atoms with Crippen LogP contribution in [-0.4, -0.2) is 11.5 Å². The van der Waals surface area contributed by atoms with Crippen molar-refractivity contribution in [3.63, 3.8) is 0 Å². The highest BCUT2D eigenvalue weighted by atomic mass is 32.2. The second-order valence-electron chi connectivity index (χ2n) is 1.35. The van der Waals surface area contributed by atoms with Crippen molar-refractivity contribution in [2.45, 2.75) is 20.3 Å². The van der Waals surface area contributed by atoms with E-state index >= 15 is 0 Å². The monoisotopic (exact) mass is 106 g/mol. The van der Waals surface area contributed by atoms with Gasteiger partial charge >= 0.3 is 0 Å². The summed E-state index contributed by atoms with van der Waals surface area (Å²) in [4.78, 5) is 0. The van der Waals surface area contributed by atoms with Crippen LogP contribution in [-0.2, 0) is 0 Å². The molecule has 0 atom stereocenters. The van der Waals surface area contributed by atoms with Crippen LogP contribution in [0.5, 0.6) is 0 Å².